The lowest BCUT2D eigenvalue weighted by Gasteiger charge is -2.13. The number of rotatable bonds is 2. The molecule has 0 saturated carbocycles. The number of nitrogens with two attached hydrogens (primary N) is 6. The standard InChI is InChI=1S/C8H14N6O/c9-3-1-2(7(15)8(13)14)4(10)6(12)5(3)11/h1,8H,9-14H2. The van der Waals surface area contributed by atoms with Crippen molar-refractivity contribution in [3.05, 3.63) is 11.6 Å². The number of hydrogen-bond acceptors (Lipinski definition) is 7. The second-order valence-electron chi connectivity index (χ2n) is 3.14. The first-order valence-corrected chi connectivity index (χ1v) is 4.14. The van der Waals surface area contributed by atoms with Gasteiger partial charge in [0.1, 0.15) is 6.17 Å². The lowest BCUT2D eigenvalue weighted by molar-refractivity contribution is 0.0964. The van der Waals surface area contributed by atoms with Gasteiger partial charge in [-0.25, -0.2) is 0 Å². The van der Waals surface area contributed by atoms with Gasteiger partial charge in [0.05, 0.1) is 22.7 Å². The fraction of sp³-hybridized carbons (Fsp3) is 0.125. The van der Waals surface area contributed by atoms with E-state index in [9.17, 15) is 4.79 Å². The predicted molar refractivity (Wildman–Crippen MR) is 60.6 cm³/mol. The fourth-order valence-corrected chi connectivity index (χ4v) is 1.14. The van der Waals surface area contributed by atoms with Crippen molar-refractivity contribution >= 4 is 28.5 Å². The van der Waals surface area contributed by atoms with Gasteiger partial charge in [-0.2, -0.15) is 0 Å². The first-order valence-electron chi connectivity index (χ1n) is 4.14. The normalized spacial score (nSPS) is 10.6. The van der Waals surface area contributed by atoms with Crippen LogP contribution in [0.25, 0.3) is 0 Å². The van der Waals surface area contributed by atoms with Crippen LogP contribution in [0, 0.1) is 0 Å². The third-order valence-electron chi connectivity index (χ3n) is 2.05. The molecule has 0 saturated heterocycles. The van der Waals surface area contributed by atoms with Crippen LogP contribution in [0.5, 0.6) is 0 Å². The number of anilines is 4. The highest BCUT2D eigenvalue weighted by molar-refractivity contribution is 6.08. The molecule has 0 aliphatic carbocycles. The summed E-state index contributed by atoms with van der Waals surface area (Å²) in [5, 5.41) is 0. The van der Waals surface area contributed by atoms with Crippen LogP contribution in [-0.4, -0.2) is 11.9 Å². The molecule has 0 unspecified atom stereocenters. The highest BCUT2D eigenvalue weighted by atomic mass is 16.1. The molecular formula is C8H14N6O. The summed E-state index contributed by atoms with van der Waals surface area (Å²) in [6.07, 6.45) is -1.16. The van der Waals surface area contributed by atoms with Crippen molar-refractivity contribution < 1.29 is 4.79 Å². The zero-order chi connectivity index (χ0) is 11.7. The van der Waals surface area contributed by atoms with Crippen LogP contribution in [0.15, 0.2) is 6.07 Å². The van der Waals surface area contributed by atoms with Gasteiger partial charge in [0.2, 0.25) is 0 Å². The molecule has 7 heteroatoms. The number of nitrogen functional groups attached to an aromatic ring is 4. The summed E-state index contributed by atoms with van der Waals surface area (Å²) in [6, 6.07) is 1.32. The van der Waals surface area contributed by atoms with E-state index in [4.69, 9.17) is 34.4 Å². The molecular weight excluding hydrogens is 196 g/mol. The lowest BCUT2D eigenvalue weighted by atomic mass is 10.0. The van der Waals surface area contributed by atoms with Gasteiger partial charge in [-0.15, -0.1) is 0 Å². The van der Waals surface area contributed by atoms with Gasteiger partial charge < -0.3 is 34.4 Å². The Hall–Kier alpha value is -1.99. The largest absolute Gasteiger partial charge is 0.397 e. The van der Waals surface area contributed by atoms with E-state index in [1.54, 1.807) is 0 Å². The van der Waals surface area contributed by atoms with Crippen LogP contribution in [0.2, 0.25) is 0 Å². The van der Waals surface area contributed by atoms with E-state index in [1.807, 2.05) is 0 Å². The van der Waals surface area contributed by atoms with Gasteiger partial charge in [0.15, 0.2) is 5.78 Å². The van der Waals surface area contributed by atoms with Gasteiger partial charge in [0, 0.05) is 5.56 Å². The average Bonchev–Trinajstić information content (AvgIpc) is 2.19. The van der Waals surface area contributed by atoms with Crippen LogP contribution >= 0.6 is 0 Å². The van der Waals surface area contributed by atoms with Gasteiger partial charge in [-0.3, -0.25) is 4.79 Å². The minimum absolute atomic E-state index is 0.0487. The molecule has 0 radical (unpaired) electrons. The topological polar surface area (TPSA) is 173 Å². The second kappa shape index (κ2) is 3.64. The van der Waals surface area contributed by atoms with Crippen LogP contribution in [-0.2, 0) is 0 Å². The molecule has 82 valence electrons. The summed E-state index contributed by atoms with van der Waals surface area (Å²) in [7, 11) is 0. The van der Waals surface area contributed by atoms with Gasteiger partial charge >= 0.3 is 0 Å². The molecule has 0 atom stereocenters. The minimum Gasteiger partial charge on any atom is -0.397 e. The Morgan fingerprint density at radius 3 is 2.00 bits per heavy atom. The Morgan fingerprint density at radius 2 is 1.53 bits per heavy atom. The first kappa shape index (κ1) is 11.1. The molecule has 15 heavy (non-hydrogen) atoms. The quantitative estimate of drug-likeness (QED) is 0.194. The highest BCUT2D eigenvalue weighted by Crippen LogP contribution is 2.32. The third-order valence-corrected chi connectivity index (χ3v) is 2.05. The second-order valence-corrected chi connectivity index (χ2v) is 3.14. The fourth-order valence-electron chi connectivity index (χ4n) is 1.14. The molecule has 1 aromatic carbocycles. The number of Topliss-reactive ketones (excluding diaryl/α,β-unsaturated/α-hetero) is 1. The molecule has 0 aliphatic heterocycles. The molecule has 0 spiro atoms. The molecule has 0 amide bonds. The van der Waals surface area contributed by atoms with Crippen LogP contribution in [0.1, 0.15) is 10.4 Å². The zero-order valence-electron chi connectivity index (χ0n) is 8.03. The molecule has 0 fully saturated rings. The molecule has 0 heterocycles. The number of carbonyl (C=O) groups excluding carboxylic acids is 1. The van der Waals surface area contributed by atoms with Crippen LogP contribution in [0.3, 0.4) is 0 Å². The predicted octanol–water partition coefficient (Wildman–Crippen LogP) is -1.56. The highest BCUT2D eigenvalue weighted by Gasteiger charge is 2.18. The Labute approximate surface area is 86.4 Å². The Balaban J connectivity index is 3.39. The van der Waals surface area contributed by atoms with Gasteiger partial charge in [-0.1, -0.05) is 0 Å². The summed E-state index contributed by atoms with van der Waals surface area (Å²) in [5.74, 6) is -0.536. The monoisotopic (exact) mass is 210 g/mol. The summed E-state index contributed by atoms with van der Waals surface area (Å²) in [5.41, 5.74) is 33.2. The van der Waals surface area contributed by atoms with Crippen LogP contribution in [0.4, 0.5) is 22.7 Å². The van der Waals surface area contributed by atoms with Gasteiger partial charge in [-0.05, 0) is 6.07 Å². The molecule has 12 N–H and O–H groups in total. The molecule has 0 aliphatic rings. The van der Waals surface area contributed by atoms with E-state index < -0.39 is 11.9 Å². The van der Waals surface area contributed by atoms with Crippen molar-refractivity contribution in [1.29, 1.82) is 0 Å². The Bertz CT molecular complexity index is 414. The summed E-state index contributed by atoms with van der Waals surface area (Å²) in [6.45, 7) is 0. The van der Waals surface area contributed by atoms with Crippen molar-refractivity contribution in [2.45, 2.75) is 6.17 Å². The van der Waals surface area contributed by atoms with E-state index in [-0.39, 0.29) is 28.3 Å². The van der Waals surface area contributed by atoms with Crippen LogP contribution < -0.4 is 34.4 Å². The molecule has 1 rings (SSSR count). The lowest BCUT2D eigenvalue weighted by Crippen LogP contribution is -2.39. The summed E-state index contributed by atoms with van der Waals surface area (Å²) >= 11 is 0. The van der Waals surface area contributed by atoms with Crippen molar-refractivity contribution in [3.63, 3.8) is 0 Å². The summed E-state index contributed by atoms with van der Waals surface area (Å²) in [4.78, 5) is 11.5. The molecule has 0 aromatic heterocycles. The average molecular weight is 210 g/mol. The Kier molecular flexibility index (Phi) is 2.69. The maximum Gasteiger partial charge on any atom is 0.196 e. The van der Waals surface area contributed by atoms with E-state index in [0.717, 1.165) is 0 Å². The van der Waals surface area contributed by atoms with E-state index in [1.165, 1.54) is 6.07 Å². The molecule has 7 nitrogen and oxygen atoms in total. The number of carbonyl (C=O) groups is 1. The van der Waals surface area contributed by atoms with E-state index in [2.05, 4.69) is 0 Å². The van der Waals surface area contributed by atoms with Crippen molar-refractivity contribution in [2.24, 2.45) is 11.5 Å². The third kappa shape index (κ3) is 1.78. The van der Waals surface area contributed by atoms with Gasteiger partial charge in [0.25, 0.3) is 0 Å². The number of benzene rings is 1. The molecule has 1 aromatic rings. The molecule has 0 bridgehead atoms. The van der Waals surface area contributed by atoms with E-state index in [0.29, 0.717) is 0 Å². The van der Waals surface area contributed by atoms with Crippen molar-refractivity contribution in [2.75, 3.05) is 22.9 Å². The SMILES string of the molecule is Nc1cc(C(=O)C(N)N)c(N)c(N)c1N. The van der Waals surface area contributed by atoms with E-state index >= 15 is 0 Å². The zero-order valence-corrected chi connectivity index (χ0v) is 8.03. The number of hydrogen-bond donors (Lipinski definition) is 6. The van der Waals surface area contributed by atoms with Crippen molar-refractivity contribution in [1.82, 2.24) is 0 Å². The maximum absolute atomic E-state index is 11.5. The number of ketones is 1. The van der Waals surface area contributed by atoms with Crippen molar-refractivity contribution in [3.8, 4) is 0 Å². The maximum atomic E-state index is 11.5. The smallest absolute Gasteiger partial charge is 0.196 e. The Morgan fingerprint density at radius 1 is 1.00 bits per heavy atom. The minimum atomic E-state index is -1.16. The summed E-state index contributed by atoms with van der Waals surface area (Å²) < 4.78 is 0. The first-order chi connectivity index (χ1) is 6.86.